The van der Waals surface area contributed by atoms with Crippen LogP contribution in [0.1, 0.15) is 30.0 Å². The summed E-state index contributed by atoms with van der Waals surface area (Å²) >= 11 is 5.94. The zero-order valence-electron chi connectivity index (χ0n) is 27.4. The van der Waals surface area contributed by atoms with Crippen molar-refractivity contribution in [1.29, 1.82) is 0 Å². The molecule has 1 N–H and O–H groups in total. The van der Waals surface area contributed by atoms with E-state index < -0.39 is 0 Å². The maximum Gasteiger partial charge on any atom is 0.266 e. The molecule has 252 valence electrons. The fourth-order valence-corrected chi connectivity index (χ4v) is 6.17. The molecular weight excluding hydrogens is 632 g/mol. The minimum Gasteiger partial charge on any atom is -0.489 e. The third-order valence-corrected chi connectivity index (χ3v) is 8.83. The third kappa shape index (κ3) is 8.04. The van der Waals surface area contributed by atoms with Gasteiger partial charge < -0.3 is 19.7 Å². The monoisotopic (exact) mass is 672 g/mol. The molecule has 0 spiro atoms. The molecule has 0 unspecified atom stereocenters. The number of para-hydroxylation sites is 1. The lowest BCUT2D eigenvalue weighted by molar-refractivity contribution is -0.135. The van der Waals surface area contributed by atoms with Crippen molar-refractivity contribution < 1.29 is 19.1 Å². The number of carbonyl (C=O) groups is 2. The van der Waals surface area contributed by atoms with Gasteiger partial charge in [0.15, 0.2) is 12.4 Å². The number of aromatic nitrogens is 2. The first-order valence-electron chi connectivity index (χ1n) is 16.4. The lowest BCUT2D eigenvalue weighted by atomic mass is 10.1. The number of Topliss-reactive ketones (excluding diaryl/α,β-unsaturated/α-hetero) is 1. The number of fused-ring (bicyclic) bond motifs is 1. The second-order valence-corrected chi connectivity index (χ2v) is 12.8. The summed E-state index contributed by atoms with van der Waals surface area (Å²) in [7, 11) is 0. The summed E-state index contributed by atoms with van der Waals surface area (Å²) < 4.78 is 13.5. The summed E-state index contributed by atoms with van der Waals surface area (Å²) in [4.78, 5) is 51.5. The standard InChI is InChI=1S/C36H41ClN6O5/c1-25(2)48-33-21-26(32(44)22-40-15-13-38-14-16-40)7-12-31(33)43-34(39-30-6-4-3-5-29(30)36(43)46)23-41-17-19-42(20-18-41)35(45)24-47-28-10-8-27(37)9-11-28/h3-12,21,25,38H,13-20,22-24H2,1-2H3. The van der Waals surface area contributed by atoms with Gasteiger partial charge in [-0.25, -0.2) is 4.98 Å². The fraction of sp³-hybridized carbons (Fsp3) is 0.389. The average Bonchev–Trinajstić information content (AvgIpc) is 3.09. The van der Waals surface area contributed by atoms with Crippen molar-refractivity contribution in [2.24, 2.45) is 0 Å². The largest absolute Gasteiger partial charge is 0.489 e. The smallest absolute Gasteiger partial charge is 0.266 e. The van der Waals surface area contributed by atoms with Crippen LogP contribution in [-0.4, -0.2) is 108 Å². The molecule has 6 rings (SSSR count). The highest BCUT2D eigenvalue weighted by Gasteiger charge is 2.25. The number of rotatable bonds is 11. The predicted octanol–water partition coefficient (Wildman–Crippen LogP) is 3.64. The van der Waals surface area contributed by atoms with Crippen molar-refractivity contribution in [3.63, 3.8) is 0 Å². The number of halogens is 1. The van der Waals surface area contributed by atoms with Gasteiger partial charge in [-0.2, -0.15) is 0 Å². The highest BCUT2D eigenvalue weighted by Crippen LogP contribution is 2.28. The molecule has 12 heteroatoms. The zero-order chi connectivity index (χ0) is 33.6. The molecule has 0 radical (unpaired) electrons. The minimum absolute atomic E-state index is 0.00671. The summed E-state index contributed by atoms with van der Waals surface area (Å²) in [5.41, 5.74) is 1.47. The molecule has 1 amide bonds. The maximum absolute atomic E-state index is 14.2. The summed E-state index contributed by atoms with van der Waals surface area (Å²) in [6.45, 7) is 10.1. The lowest BCUT2D eigenvalue weighted by Crippen LogP contribution is -2.50. The number of carbonyl (C=O) groups excluding carboxylic acids is 2. The van der Waals surface area contributed by atoms with Gasteiger partial charge in [0.1, 0.15) is 17.3 Å². The quantitative estimate of drug-likeness (QED) is 0.239. The molecular formula is C36H41ClN6O5. The minimum atomic E-state index is -0.211. The summed E-state index contributed by atoms with van der Waals surface area (Å²) in [5, 5.41) is 4.41. The molecule has 4 aromatic rings. The van der Waals surface area contributed by atoms with E-state index in [9.17, 15) is 14.4 Å². The van der Waals surface area contributed by atoms with Crippen molar-refractivity contribution in [1.82, 2.24) is 29.6 Å². The Hall–Kier alpha value is -4.29. The van der Waals surface area contributed by atoms with Gasteiger partial charge >= 0.3 is 0 Å². The number of benzene rings is 3. The lowest BCUT2D eigenvalue weighted by Gasteiger charge is -2.34. The first-order valence-corrected chi connectivity index (χ1v) is 16.8. The van der Waals surface area contributed by atoms with E-state index in [1.807, 2.05) is 32.0 Å². The Morgan fingerprint density at radius 3 is 2.38 bits per heavy atom. The number of piperazine rings is 2. The molecule has 2 saturated heterocycles. The van der Waals surface area contributed by atoms with Crippen molar-refractivity contribution in [2.75, 3.05) is 65.5 Å². The van der Waals surface area contributed by atoms with Gasteiger partial charge in [-0.15, -0.1) is 0 Å². The van der Waals surface area contributed by atoms with Gasteiger partial charge in [0.25, 0.3) is 11.5 Å². The first kappa shape index (κ1) is 33.6. The molecule has 2 fully saturated rings. The summed E-state index contributed by atoms with van der Waals surface area (Å²) in [5.74, 6) is 1.51. The second kappa shape index (κ2) is 15.3. The molecule has 0 aliphatic carbocycles. The van der Waals surface area contributed by atoms with Crippen LogP contribution in [-0.2, 0) is 11.3 Å². The van der Waals surface area contributed by atoms with Crippen LogP contribution in [0, 0.1) is 0 Å². The molecule has 0 bridgehead atoms. The van der Waals surface area contributed by atoms with Crippen molar-refractivity contribution in [2.45, 2.75) is 26.5 Å². The van der Waals surface area contributed by atoms with E-state index in [0.29, 0.717) is 83.8 Å². The third-order valence-electron chi connectivity index (χ3n) is 8.57. The van der Waals surface area contributed by atoms with E-state index >= 15 is 0 Å². The van der Waals surface area contributed by atoms with E-state index in [-0.39, 0.29) is 30.0 Å². The van der Waals surface area contributed by atoms with Crippen molar-refractivity contribution in [3.8, 4) is 17.2 Å². The van der Waals surface area contributed by atoms with E-state index in [1.54, 1.807) is 58.0 Å². The molecule has 48 heavy (non-hydrogen) atoms. The van der Waals surface area contributed by atoms with E-state index in [4.69, 9.17) is 26.1 Å². The second-order valence-electron chi connectivity index (χ2n) is 12.4. The zero-order valence-corrected chi connectivity index (χ0v) is 28.1. The number of nitrogens with one attached hydrogen (secondary N) is 1. The SMILES string of the molecule is CC(C)Oc1cc(C(=O)CN2CCNCC2)ccc1-n1c(CN2CCN(C(=O)COc3ccc(Cl)cc3)CC2)nc2ccccc2c1=O. The molecule has 2 aliphatic heterocycles. The van der Waals surface area contributed by atoms with Gasteiger partial charge in [0.05, 0.1) is 35.8 Å². The van der Waals surface area contributed by atoms with Crippen LogP contribution < -0.4 is 20.3 Å². The topological polar surface area (TPSA) is 109 Å². The van der Waals surface area contributed by atoms with Crippen LogP contribution in [0.5, 0.6) is 11.5 Å². The Morgan fingerprint density at radius 1 is 0.917 bits per heavy atom. The number of ketones is 1. The van der Waals surface area contributed by atoms with Crippen LogP contribution in [0.4, 0.5) is 0 Å². The molecule has 0 saturated carbocycles. The highest BCUT2D eigenvalue weighted by molar-refractivity contribution is 6.30. The number of hydrogen-bond acceptors (Lipinski definition) is 9. The Labute approximate surface area is 285 Å². The molecule has 11 nitrogen and oxygen atoms in total. The Morgan fingerprint density at radius 2 is 1.65 bits per heavy atom. The van der Waals surface area contributed by atoms with Crippen molar-refractivity contribution in [3.05, 3.63) is 93.5 Å². The van der Waals surface area contributed by atoms with E-state index in [0.717, 1.165) is 26.2 Å². The summed E-state index contributed by atoms with van der Waals surface area (Å²) in [6.07, 6.45) is -0.191. The van der Waals surface area contributed by atoms with Gasteiger partial charge in [-0.05, 0) is 68.4 Å². The van der Waals surface area contributed by atoms with Crippen molar-refractivity contribution >= 4 is 34.2 Å². The maximum atomic E-state index is 14.2. The van der Waals surface area contributed by atoms with Crippen LogP contribution in [0.15, 0.2) is 71.5 Å². The Kier molecular flexibility index (Phi) is 10.7. The number of hydrogen-bond donors (Lipinski definition) is 1. The normalized spacial score (nSPS) is 16.0. The average molecular weight is 673 g/mol. The van der Waals surface area contributed by atoms with E-state index in [1.165, 1.54) is 0 Å². The predicted molar refractivity (Wildman–Crippen MR) is 186 cm³/mol. The highest BCUT2D eigenvalue weighted by atomic mass is 35.5. The molecule has 0 atom stereocenters. The van der Waals surface area contributed by atoms with E-state index in [2.05, 4.69) is 15.1 Å². The molecule has 2 aliphatic rings. The van der Waals surface area contributed by atoms with Gasteiger partial charge in [-0.1, -0.05) is 23.7 Å². The van der Waals surface area contributed by atoms with Crippen LogP contribution in [0.3, 0.4) is 0 Å². The molecule has 3 heterocycles. The Bertz CT molecular complexity index is 1810. The van der Waals surface area contributed by atoms with Crippen LogP contribution in [0.2, 0.25) is 5.02 Å². The van der Waals surface area contributed by atoms with Gasteiger partial charge in [-0.3, -0.25) is 28.8 Å². The van der Waals surface area contributed by atoms with Gasteiger partial charge in [0, 0.05) is 62.9 Å². The summed E-state index contributed by atoms with van der Waals surface area (Å²) in [6, 6.07) is 19.5. The number of nitrogens with zero attached hydrogens (tertiary/aromatic N) is 5. The molecule has 1 aromatic heterocycles. The first-order chi connectivity index (χ1) is 23.2. The Balaban J connectivity index is 1.23. The number of amides is 1. The van der Waals surface area contributed by atoms with Crippen LogP contribution in [0.25, 0.3) is 16.6 Å². The molecule has 3 aromatic carbocycles. The fourth-order valence-electron chi connectivity index (χ4n) is 6.04. The number of ether oxygens (including phenoxy) is 2. The van der Waals surface area contributed by atoms with Crippen LogP contribution >= 0.6 is 11.6 Å². The van der Waals surface area contributed by atoms with Gasteiger partial charge in [0.2, 0.25) is 0 Å².